The van der Waals surface area contributed by atoms with E-state index in [-0.39, 0.29) is 12.1 Å². The number of aliphatic hydroxyl groups excluding tert-OH is 1. The van der Waals surface area contributed by atoms with Gasteiger partial charge in [-0.3, -0.25) is 0 Å². The summed E-state index contributed by atoms with van der Waals surface area (Å²) < 4.78 is 10.6. The number of nitrogens with one attached hydrogen (secondary N) is 1. The molecule has 4 nitrogen and oxygen atoms in total. The second-order valence-corrected chi connectivity index (χ2v) is 5.77. The lowest BCUT2D eigenvalue weighted by Gasteiger charge is -2.21. The van der Waals surface area contributed by atoms with Crippen LogP contribution in [0.4, 0.5) is 0 Å². The van der Waals surface area contributed by atoms with Gasteiger partial charge in [-0.05, 0) is 36.5 Å². The molecule has 0 bridgehead atoms. The lowest BCUT2D eigenvalue weighted by Crippen LogP contribution is -2.31. The van der Waals surface area contributed by atoms with E-state index in [1.807, 2.05) is 18.2 Å². The van der Waals surface area contributed by atoms with Crippen LogP contribution >= 0.6 is 0 Å². The molecule has 0 amide bonds. The van der Waals surface area contributed by atoms with Gasteiger partial charge in [0.15, 0.2) is 11.5 Å². The lowest BCUT2D eigenvalue weighted by atomic mass is 10.0. The zero-order valence-corrected chi connectivity index (χ0v) is 13.8. The second kappa shape index (κ2) is 8.90. The molecule has 0 fully saturated rings. The number of aliphatic hydroxyl groups is 1. The van der Waals surface area contributed by atoms with Crippen molar-refractivity contribution < 1.29 is 14.6 Å². The van der Waals surface area contributed by atoms with Crippen LogP contribution in [-0.2, 0) is 0 Å². The van der Waals surface area contributed by atoms with Gasteiger partial charge in [0.2, 0.25) is 0 Å². The van der Waals surface area contributed by atoms with Crippen molar-refractivity contribution in [3.8, 4) is 11.5 Å². The van der Waals surface area contributed by atoms with E-state index in [0.717, 1.165) is 29.9 Å². The number of rotatable bonds is 9. The van der Waals surface area contributed by atoms with Crippen LogP contribution < -0.4 is 14.8 Å². The predicted molar refractivity (Wildman–Crippen MR) is 86.0 cm³/mol. The molecule has 0 aliphatic rings. The van der Waals surface area contributed by atoms with Crippen LogP contribution in [0.2, 0.25) is 0 Å². The van der Waals surface area contributed by atoms with E-state index < -0.39 is 0 Å². The van der Waals surface area contributed by atoms with Crippen LogP contribution in [0.5, 0.6) is 11.5 Å². The molecule has 2 unspecified atom stereocenters. The van der Waals surface area contributed by atoms with E-state index in [1.165, 1.54) is 0 Å². The Morgan fingerprint density at radius 2 is 1.81 bits per heavy atom. The number of hydrogen-bond donors (Lipinski definition) is 2. The molecule has 1 aromatic carbocycles. The summed E-state index contributed by atoms with van der Waals surface area (Å²) >= 11 is 0. The van der Waals surface area contributed by atoms with E-state index in [1.54, 1.807) is 14.2 Å². The van der Waals surface area contributed by atoms with Crippen LogP contribution in [0.15, 0.2) is 18.2 Å². The molecule has 4 heteroatoms. The zero-order chi connectivity index (χ0) is 15.8. The standard InChI is InChI=1S/C17H29NO3/c1-6-15(18-11-14(19)9-12(2)3)13-7-8-16(20-4)17(10-13)21-5/h7-8,10,12,14-15,18-19H,6,9,11H2,1-5H3. The van der Waals surface area contributed by atoms with E-state index in [9.17, 15) is 5.11 Å². The van der Waals surface area contributed by atoms with Gasteiger partial charge in [0.25, 0.3) is 0 Å². The van der Waals surface area contributed by atoms with E-state index in [2.05, 4.69) is 26.1 Å². The molecule has 0 aliphatic carbocycles. The number of hydrogen-bond acceptors (Lipinski definition) is 4. The molecule has 1 rings (SSSR count). The van der Waals surface area contributed by atoms with Crippen LogP contribution in [0.1, 0.15) is 45.2 Å². The van der Waals surface area contributed by atoms with Crippen molar-refractivity contribution >= 4 is 0 Å². The van der Waals surface area contributed by atoms with E-state index in [4.69, 9.17) is 9.47 Å². The average Bonchev–Trinajstić information content (AvgIpc) is 2.46. The van der Waals surface area contributed by atoms with Crippen molar-refractivity contribution in [2.24, 2.45) is 5.92 Å². The maximum Gasteiger partial charge on any atom is 0.161 e. The van der Waals surface area contributed by atoms with Gasteiger partial charge >= 0.3 is 0 Å². The smallest absolute Gasteiger partial charge is 0.161 e. The molecule has 1 aromatic rings. The van der Waals surface area contributed by atoms with Crippen LogP contribution in [0.3, 0.4) is 0 Å². The van der Waals surface area contributed by atoms with Crippen LogP contribution in [-0.4, -0.2) is 32.0 Å². The summed E-state index contributed by atoms with van der Waals surface area (Å²) in [5.74, 6) is 1.97. The van der Waals surface area contributed by atoms with Gasteiger partial charge in [0, 0.05) is 12.6 Å². The molecule has 120 valence electrons. The third-order valence-electron chi connectivity index (χ3n) is 3.56. The Labute approximate surface area is 128 Å². The summed E-state index contributed by atoms with van der Waals surface area (Å²) in [5.41, 5.74) is 1.15. The summed E-state index contributed by atoms with van der Waals surface area (Å²) in [5, 5.41) is 13.4. The molecule has 0 radical (unpaired) electrons. The minimum Gasteiger partial charge on any atom is -0.493 e. The third kappa shape index (κ3) is 5.56. The Hall–Kier alpha value is -1.26. The molecule has 0 saturated heterocycles. The fraction of sp³-hybridized carbons (Fsp3) is 0.647. The van der Waals surface area contributed by atoms with E-state index >= 15 is 0 Å². The Morgan fingerprint density at radius 1 is 1.14 bits per heavy atom. The summed E-state index contributed by atoms with van der Waals surface area (Å²) in [6.45, 7) is 6.97. The molecular formula is C17H29NO3. The third-order valence-corrected chi connectivity index (χ3v) is 3.56. The van der Waals surface area contributed by atoms with Crippen molar-refractivity contribution in [1.82, 2.24) is 5.32 Å². The zero-order valence-electron chi connectivity index (χ0n) is 13.8. The number of methoxy groups -OCH3 is 2. The highest BCUT2D eigenvalue weighted by atomic mass is 16.5. The van der Waals surface area contributed by atoms with Gasteiger partial charge in [-0.15, -0.1) is 0 Å². The topological polar surface area (TPSA) is 50.7 Å². The Morgan fingerprint density at radius 3 is 2.33 bits per heavy atom. The van der Waals surface area contributed by atoms with Gasteiger partial charge in [0.1, 0.15) is 0 Å². The lowest BCUT2D eigenvalue weighted by molar-refractivity contribution is 0.142. The minimum atomic E-state index is -0.306. The summed E-state index contributed by atoms with van der Waals surface area (Å²) in [4.78, 5) is 0. The highest BCUT2D eigenvalue weighted by Gasteiger charge is 2.14. The minimum absolute atomic E-state index is 0.201. The van der Waals surface area contributed by atoms with Gasteiger partial charge < -0.3 is 19.9 Å². The summed E-state index contributed by atoms with van der Waals surface area (Å²) in [6.07, 6.45) is 1.46. The first-order valence-electron chi connectivity index (χ1n) is 7.65. The van der Waals surface area contributed by atoms with Gasteiger partial charge in [0.05, 0.1) is 20.3 Å². The molecule has 0 saturated carbocycles. The summed E-state index contributed by atoms with van der Waals surface area (Å²) in [7, 11) is 3.28. The van der Waals surface area contributed by atoms with Crippen LogP contribution in [0.25, 0.3) is 0 Å². The molecule has 2 N–H and O–H groups in total. The Bertz CT molecular complexity index is 420. The number of benzene rings is 1. The second-order valence-electron chi connectivity index (χ2n) is 5.77. The van der Waals surface area contributed by atoms with Gasteiger partial charge in [-0.25, -0.2) is 0 Å². The largest absolute Gasteiger partial charge is 0.493 e. The molecule has 0 aromatic heterocycles. The predicted octanol–water partition coefficient (Wildman–Crippen LogP) is 3.15. The van der Waals surface area contributed by atoms with E-state index in [0.29, 0.717) is 12.5 Å². The maximum atomic E-state index is 9.99. The SMILES string of the molecule is CCC(NCC(O)CC(C)C)c1ccc(OC)c(OC)c1. The van der Waals surface area contributed by atoms with Gasteiger partial charge in [-0.1, -0.05) is 26.8 Å². The molecular weight excluding hydrogens is 266 g/mol. The summed E-state index contributed by atoms with van der Waals surface area (Å²) in [6, 6.07) is 6.15. The van der Waals surface area contributed by atoms with Crippen molar-refractivity contribution in [3.63, 3.8) is 0 Å². The molecule has 0 heterocycles. The Balaban J connectivity index is 2.71. The molecule has 2 atom stereocenters. The molecule has 0 spiro atoms. The first kappa shape index (κ1) is 17.8. The Kier molecular flexibility index (Phi) is 7.54. The fourth-order valence-corrected chi connectivity index (χ4v) is 2.47. The highest BCUT2D eigenvalue weighted by Crippen LogP contribution is 2.30. The monoisotopic (exact) mass is 295 g/mol. The average molecular weight is 295 g/mol. The van der Waals surface area contributed by atoms with Gasteiger partial charge in [-0.2, -0.15) is 0 Å². The molecule has 0 aliphatic heterocycles. The first-order valence-corrected chi connectivity index (χ1v) is 7.65. The van der Waals surface area contributed by atoms with Crippen molar-refractivity contribution in [3.05, 3.63) is 23.8 Å². The first-order chi connectivity index (χ1) is 10.0. The number of ether oxygens (including phenoxy) is 2. The highest BCUT2D eigenvalue weighted by molar-refractivity contribution is 5.43. The van der Waals surface area contributed by atoms with Crippen molar-refractivity contribution in [2.75, 3.05) is 20.8 Å². The fourth-order valence-electron chi connectivity index (χ4n) is 2.47. The maximum absolute atomic E-state index is 9.99. The normalized spacial score (nSPS) is 14.0. The van der Waals surface area contributed by atoms with Crippen LogP contribution in [0, 0.1) is 5.92 Å². The molecule has 21 heavy (non-hydrogen) atoms. The van der Waals surface area contributed by atoms with Crippen molar-refractivity contribution in [2.45, 2.75) is 45.8 Å². The quantitative estimate of drug-likeness (QED) is 0.735. The van der Waals surface area contributed by atoms with Crippen molar-refractivity contribution in [1.29, 1.82) is 0 Å².